The molecule has 9 heteroatoms. The second-order valence-corrected chi connectivity index (χ2v) is 7.79. The molecule has 1 amide bonds. The zero-order valence-electron chi connectivity index (χ0n) is 15.7. The highest BCUT2D eigenvalue weighted by Gasteiger charge is 2.30. The molecule has 1 aromatic heterocycles. The molecule has 0 saturated heterocycles. The molecule has 0 spiro atoms. The number of benzene rings is 1. The SMILES string of the molecule is CC(C)CC(C(=O)O)N(CCc1cncn1Cc1ccc(Cl)c(Cl)c1)C(=O)O. The van der Waals surface area contributed by atoms with Crippen LogP contribution in [0.15, 0.2) is 30.7 Å². The molecule has 2 aromatic rings. The summed E-state index contributed by atoms with van der Waals surface area (Å²) >= 11 is 12.0. The Morgan fingerprint density at radius 2 is 1.93 bits per heavy atom. The number of carbonyl (C=O) groups is 2. The molecular formula is C19H23Cl2N3O4. The normalized spacial score (nSPS) is 12.2. The molecule has 0 aliphatic carbocycles. The quantitative estimate of drug-likeness (QED) is 0.622. The van der Waals surface area contributed by atoms with E-state index in [9.17, 15) is 19.8 Å². The molecule has 2 N–H and O–H groups in total. The number of imidazole rings is 1. The summed E-state index contributed by atoms with van der Waals surface area (Å²) in [5.74, 6) is -1.08. The Kier molecular flexibility index (Phi) is 7.71. The summed E-state index contributed by atoms with van der Waals surface area (Å²) in [5.41, 5.74) is 1.72. The molecule has 28 heavy (non-hydrogen) atoms. The highest BCUT2D eigenvalue weighted by Crippen LogP contribution is 2.23. The van der Waals surface area contributed by atoms with E-state index in [1.807, 2.05) is 24.5 Å². The fourth-order valence-electron chi connectivity index (χ4n) is 2.96. The Morgan fingerprint density at radius 3 is 2.50 bits per heavy atom. The van der Waals surface area contributed by atoms with Crippen molar-refractivity contribution < 1.29 is 19.8 Å². The maximum atomic E-state index is 11.6. The van der Waals surface area contributed by atoms with Gasteiger partial charge in [-0.3, -0.25) is 4.90 Å². The largest absolute Gasteiger partial charge is 0.480 e. The van der Waals surface area contributed by atoms with Gasteiger partial charge >= 0.3 is 12.1 Å². The first-order chi connectivity index (χ1) is 13.2. The third-order valence-electron chi connectivity index (χ3n) is 4.35. The summed E-state index contributed by atoms with van der Waals surface area (Å²) in [5, 5.41) is 19.9. The molecule has 1 atom stereocenters. The molecule has 0 bridgehead atoms. The van der Waals surface area contributed by atoms with Gasteiger partial charge in [0.2, 0.25) is 0 Å². The van der Waals surface area contributed by atoms with Crippen molar-refractivity contribution in [3.63, 3.8) is 0 Å². The van der Waals surface area contributed by atoms with Crippen molar-refractivity contribution in [1.29, 1.82) is 0 Å². The maximum absolute atomic E-state index is 11.6. The van der Waals surface area contributed by atoms with Crippen molar-refractivity contribution in [3.05, 3.63) is 52.0 Å². The smallest absolute Gasteiger partial charge is 0.408 e. The van der Waals surface area contributed by atoms with Gasteiger partial charge in [0.05, 0.1) is 16.4 Å². The standard InChI is InChI=1S/C19H23Cl2N3O4/c1-12(2)7-17(18(25)26)24(19(27)28)6-5-14-9-22-11-23(14)10-13-3-4-15(20)16(21)8-13/h3-4,8-9,11-12,17H,5-7,10H2,1-2H3,(H,25,26)(H,27,28). The molecule has 0 fully saturated rings. The van der Waals surface area contributed by atoms with Crippen LogP contribution in [-0.2, 0) is 17.8 Å². The van der Waals surface area contributed by atoms with E-state index in [2.05, 4.69) is 4.98 Å². The highest BCUT2D eigenvalue weighted by atomic mass is 35.5. The van der Waals surface area contributed by atoms with Crippen LogP contribution in [0.5, 0.6) is 0 Å². The molecule has 0 aliphatic rings. The summed E-state index contributed by atoms with van der Waals surface area (Å²) in [6.45, 7) is 4.28. The van der Waals surface area contributed by atoms with E-state index in [0.717, 1.165) is 16.2 Å². The number of aliphatic carboxylic acids is 1. The van der Waals surface area contributed by atoms with E-state index >= 15 is 0 Å². The van der Waals surface area contributed by atoms with Gasteiger partial charge in [0, 0.05) is 31.4 Å². The van der Waals surface area contributed by atoms with Crippen LogP contribution in [0.4, 0.5) is 4.79 Å². The van der Waals surface area contributed by atoms with Crippen LogP contribution in [-0.4, -0.2) is 49.3 Å². The average Bonchev–Trinajstić information content (AvgIpc) is 3.03. The number of carboxylic acids is 1. The van der Waals surface area contributed by atoms with Gasteiger partial charge in [0.1, 0.15) is 6.04 Å². The average molecular weight is 428 g/mol. The van der Waals surface area contributed by atoms with Crippen molar-refractivity contribution in [2.75, 3.05) is 6.54 Å². The molecule has 1 aromatic carbocycles. The zero-order valence-corrected chi connectivity index (χ0v) is 17.2. The Balaban J connectivity index is 2.12. The highest BCUT2D eigenvalue weighted by molar-refractivity contribution is 6.42. The number of amides is 1. The first kappa shape index (κ1) is 22.0. The van der Waals surface area contributed by atoms with Gasteiger partial charge in [-0.05, 0) is 30.0 Å². The number of aromatic nitrogens is 2. The van der Waals surface area contributed by atoms with Crippen molar-refractivity contribution in [3.8, 4) is 0 Å². The Morgan fingerprint density at radius 1 is 1.21 bits per heavy atom. The third kappa shape index (κ3) is 5.87. The Labute approximate surface area is 173 Å². The third-order valence-corrected chi connectivity index (χ3v) is 5.08. The minimum atomic E-state index is -1.25. The topological polar surface area (TPSA) is 95.7 Å². The lowest BCUT2D eigenvalue weighted by molar-refractivity contribution is -0.143. The predicted octanol–water partition coefficient (Wildman–Crippen LogP) is 4.26. The van der Waals surface area contributed by atoms with Gasteiger partial charge in [0.15, 0.2) is 0 Å². The minimum absolute atomic E-state index is 0.0585. The van der Waals surface area contributed by atoms with Crippen LogP contribution in [0.1, 0.15) is 31.5 Å². The zero-order chi connectivity index (χ0) is 20.8. The van der Waals surface area contributed by atoms with Crippen molar-refractivity contribution in [1.82, 2.24) is 14.5 Å². The lowest BCUT2D eigenvalue weighted by Crippen LogP contribution is -2.46. The number of hydrogen-bond acceptors (Lipinski definition) is 3. The molecule has 0 aliphatic heterocycles. The Hall–Kier alpha value is -2.25. The predicted molar refractivity (Wildman–Crippen MR) is 107 cm³/mol. The summed E-state index contributed by atoms with van der Waals surface area (Å²) in [6, 6.07) is 4.25. The summed E-state index contributed by atoms with van der Waals surface area (Å²) in [4.78, 5) is 28.3. The molecule has 7 nitrogen and oxygen atoms in total. The molecule has 0 radical (unpaired) electrons. The molecule has 152 valence electrons. The summed E-state index contributed by atoms with van der Waals surface area (Å²) in [7, 11) is 0. The van der Waals surface area contributed by atoms with Crippen LogP contribution >= 0.6 is 23.2 Å². The van der Waals surface area contributed by atoms with Gasteiger partial charge in [-0.2, -0.15) is 0 Å². The fourth-order valence-corrected chi connectivity index (χ4v) is 3.28. The number of hydrogen-bond donors (Lipinski definition) is 2. The van der Waals surface area contributed by atoms with E-state index in [-0.39, 0.29) is 18.9 Å². The lowest BCUT2D eigenvalue weighted by atomic mass is 10.0. The molecule has 2 rings (SSSR count). The van der Waals surface area contributed by atoms with Gasteiger partial charge in [-0.15, -0.1) is 0 Å². The molecule has 1 unspecified atom stereocenters. The fraction of sp³-hybridized carbons (Fsp3) is 0.421. The molecular weight excluding hydrogens is 405 g/mol. The molecule has 0 saturated carbocycles. The number of nitrogens with zero attached hydrogens (tertiary/aromatic N) is 3. The Bertz CT molecular complexity index is 838. The van der Waals surface area contributed by atoms with E-state index in [4.69, 9.17) is 23.2 Å². The van der Waals surface area contributed by atoms with Crippen LogP contribution in [0.3, 0.4) is 0 Å². The van der Waals surface area contributed by atoms with E-state index in [1.165, 1.54) is 0 Å². The van der Waals surface area contributed by atoms with Gasteiger partial charge in [-0.1, -0.05) is 43.1 Å². The van der Waals surface area contributed by atoms with Crippen molar-refractivity contribution in [2.24, 2.45) is 5.92 Å². The van der Waals surface area contributed by atoms with Gasteiger partial charge in [-0.25, -0.2) is 14.6 Å². The second kappa shape index (κ2) is 9.80. The van der Waals surface area contributed by atoms with Crippen LogP contribution < -0.4 is 0 Å². The summed E-state index contributed by atoms with van der Waals surface area (Å²) in [6.07, 6.45) is 2.64. The van der Waals surface area contributed by atoms with E-state index in [0.29, 0.717) is 23.0 Å². The van der Waals surface area contributed by atoms with Crippen LogP contribution in [0, 0.1) is 5.92 Å². The lowest BCUT2D eigenvalue weighted by Gasteiger charge is -2.27. The van der Waals surface area contributed by atoms with E-state index in [1.54, 1.807) is 24.7 Å². The van der Waals surface area contributed by atoms with Gasteiger partial charge in [0.25, 0.3) is 0 Å². The van der Waals surface area contributed by atoms with Gasteiger partial charge < -0.3 is 14.8 Å². The number of carboxylic acid groups (broad SMARTS) is 2. The van der Waals surface area contributed by atoms with Crippen LogP contribution in [0.2, 0.25) is 10.0 Å². The first-order valence-corrected chi connectivity index (χ1v) is 9.60. The first-order valence-electron chi connectivity index (χ1n) is 8.84. The molecule has 1 heterocycles. The maximum Gasteiger partial charge on any atom is 0.408 e. The van der Waals surface area contributed by atoms with E-state index < -0.39 is 18.1 Å². The monoisotopic (exact) mass is 427 g/mol. The number of rotatable bonds is 9. The van der Waals surface area contributed by atoms with Crippen molar-refractivity contribution >= 4 is 35.3 Å². The second-order valence-electron chi connectivity index (χ2n) is 6.97. The van der Waals surface area contributed by atoms with Crippen LogP contribution in [0.25, 0.3) is 0 Å². The number of halogens is 2. The van der Waals surface area contributed by atoms with Crippen molar-refractivity contribution in [2.45, 2.75) is 39.3 Å². The minimum Gasteiger partial charge on any atom is -0.480 e. The summed E-state index contributed by atoms with van der Waals surface area (Å²) < 4.78 is 1.87.